The molecular formula is C36H50O15S. The molecule has 52 heavy (non-hydrogen) atoms. The average molecular weight is 755 g/mol. The summed E-state index contributed by atoms with van der Waals surface area (Å²) in [7, 11) is 0. The lowest BCUT2D eigenvalue weighted by atomic mass is 9.91. The van der Waals surface area contributed by atoms with E-state index < -0.39 is 57.2 Å². The summed E-state index contributed by atoms with van der Waals surface area (Å²) >= 11 is 4.56. The summed E-state index contributed by atoms with van der Waals surface area (Å²) in [5.41, 5.74) is -3.58. The number of thiol groups is 1. The van der Waals surface area contributed by atoms with Gasteiger partial charge in [-0.15, -0.1) is 12.6 Å². The Balaban J connectivity index is 5.72. The molecule has 0 N–H and O–H groups in total. The second-order valence-corrected chi connectivity index (χ2v) is 13.1. The molecule has 0 heterocycles. The van der Waals surface area contributed by atoms with Crippen LogP contribution in [0.2, 0.25) is 0 Å². The molecule has 290 valence electrons. The van der Waals surface area contributed by atoms with Crippen LogP contribution >= 0.6 is 12.6 Å². The van der Waals surface area contributed by atoms with Crippen LogP contribution in [0.15, 0.2) is 75.9 Å². The highest BCUT2D eigenvalue weighted by molar-refractivity contribution is 7.81. The van der Waals surface area contributed by atoms with Crippen molar-refractivity contribution < 1.29 is 71.4 Å². The van der Waals surface area contributed by atoms with Gasteiger partial charge in [0.05, 0.1) is 42.9 Å². The summed E-state index contributed by atoms with van der Waals surface area (Å²) in [4.78, 5) is 70.1. The van der Waals surface area contributed by atoms with Crippen LogP contribution in [0.25, 0.3) is 0 Å². The zero-order chi connectivity index (χ0) is 39.8. The Morgan fingerprint density at radius 3 is 1.04 bits per heavy atom. The zero-order valence-corrected chi connectivity index (χ0v) is 31.0. The van der Waals surface area contributed by atoms with Crippen molar-refractivity contribution in [2.45, 2.75) is 37.7 Å². The van der Waals surface area contributed by atoms with Crippen molar-refractivity contribution in [2.75, 3.05) is 66.1 Å². The average Bonchev–Trinajstić information content (AvgIpc) is 3.13. The first-order valence-electron chi connectivity index (χ1n) is 15.7. The van der Waals surface area contributed by atoms with E-state index in [1.54, 1.807) is 20.8 Å². The Kier molecular flexibility index (Phi) is 21.8. The number of hydrogen-bond acceptors (Lipinski definition) is 16. The quantitative estimate of drug-likeness (QED) is 0.0386. The summed E-state index contributed by atoms with van der Waals surface area (Å²) in [5.74, 6) is -4.60. The smallest absolute Gasteiger partial charge is 0.330 e. The molecule has 1 atom stereocenters. The van der Waals surface area contributed by atoms with Gasteiger partial charge in [0, 0.05) is 36.5 Å². The highest BCUT2D eigenvalue weighted by Gasteiger charge is 2.39. The van der Waals surface area contributed by atoms with E-state index >= 15 is 0 Å². The highest BCUT2D eigenvalue weighted by atomic mass is 32.1. The maximum Gasteiger partial charge on any atom is 0.330 e. The van der Waals surface area contributed by atoms with Gasteiger partial charge in [-0.05, 0) is 27.2 Å². The van der Waals surface area contributed by atoms with Crippen molar-refractivity contribution in [3.8, 4) is 0 Å². The van der Waals surface area contributed by atoms with Crippen LogP contribution in [0, 0.1) is 10.8 Å². The molecule has 0 aromatic carbocycles. The lowest BCUT2D eigenvalue weighted by Crippen LogP contribution is -2.45. The zero-order valence-electron chi connectivity index (χ0n) is 30.1. The highest BCUT2D eigenvalue weighted by Crippen LogP contribution is 2.28. The molecule has 0 aliphatic carbocycles. The van der Waals surface area contributed by atoms with E-state index in [-0.39, 0.29) is 72.5 Å². The first-order chi connectivity index (χ1) is 24.3. The molecule has 0 fully saturated rings. The lowest BCUT2D eigenvalue weighted by molar-refractivity contribution is -0.171. The number of esters is 6. The minimum atomic E-state index is -1.35. The van der Waals surface area contributed by atoms with Gasteiger partial charge >= 0.3 is 35.8 Å². The third kappa shape index (κ3) is 20.4. The van der Waals surface area contributed by atoms with E-state index in [9.17, 15) is 28.8 Å². The van der Waals surface area contributed by atoms with Crippen molar-refractivity contribution in [3.05, 3.63) is 75.9 Å². The summed E-state index contributed by atoms with van der Waals surface area (Å²) in [6.07, 6.45) is 5.94. The van der Waals surface area contributed by atoms with E-state index in [0.717, 1.165) is 36.5 Å². The van der Waals surface area contributed by atoms with Gasteiger partial charge in [-0.2, -0.15) is 0 Å². The molecule has 0 spiro atoms. The van der Waals surface area contributed by atoms with E-state index in [1.807, 2.05) is 0 Å². The van der Waals surface area contributed by atoms with E-state index in [2.05, 4.69) is 52.1 Å². The maximum absolute atomic E-state index is 11.9. The fourth-order valence-electron chi connectivity index (χ4n) is 3.63. The first-order valence-corrected chi connectivity index (χ1v) is 16.1. The van der Waals surface area contributed by atoms with Gasteiger partial charge in [0.15, 0.2) is 0 Å². The van der Waals surface area contributed by atoms with Crippen molar-refractivity contribution in [1.82, 2.24) is 0 Å². The van der Waals surface area contributed by atoms with Crippen molar-refractivity contribution >= 4 is 48.4 Å². The van der Waals surface area contributed by atoms with Crippen LogP contribution in [0.4, 0.5) is 0 Å². The van der Waals surface area contributed by atoms with Gasteiger partial charge in [0.2, 0.25) is 0 Å². The monoisotopic (exact) mass is 754 g/mol. The third-order valence-corrected chi connectivity index (χ3v) is 7.05. The number of carbonyl (C=O) groups excluding carboxylic acids is 6. The van der Waals surface area contributed by atoms with Crippen LogP contribution in [-0.4, -0.2) is 112 Å². The van der Waals surface area contributed by atoms with E-state index in [0.29, 0.717) is 0 Å². The van der Waals surface area contributed by atoms with Gasteiger partial charge in [0.25, 0.3) is 0 Å². The molecule has 1 unspecified atom stereocenters. The molecule has 0 saturated carbocycles. The van der Waals surface area contributed by atoms with E-state index in [1.165, 1.54) is 0 Å². The van der Waals surface area contributed by atoms with Crippen LogP contribution in [0.1, 0.15) is 27.2 Å². The van der Waals surface area contributed by atoms with E-state index in [4.69, 9.17) is 42.6 Å². The van der Waals surface area contributed by atoms with Crippen LogP contribution in [0.5, 0.6) is 0 Å². The van der Waals surface area contributed by atoms with Crippen molar-refractivity contribution in [3.63, 3.8) is 0 Å². The Morgan fingerprint density at radius 2 is 0.750 bits per heavy atom. The Labute approximate surface area is 310 Å². The van der Waals surface area contributed by atoms with Crippen molar-refractivity contribution in [2.24, 2.45) is 10.8 Å². The largest absolute Gasteiger partial charge is 0.462 e. The molecule has 16 heteroatoms. The second kappa shape index (κ2) is 23.9. The fraction of sp³-hybridized carbons (Fsp3) is 0.500. The molecule has 0 aliphatic heterocycles. The summed E-state index contributed by atoms with van der Waals surface area (Å²) in [5, 5.41) is 0. The SMILES string of the molecule is C=CC(=O)OCC(COCC(C)(S)OCCC(C)(C)OCC(COC(=O)C=C)(COC(=O)C=C)COC(=O)C=C)(COC(=O)C=C)COC(=O)C=C. The van der Waals surface area contributed by atoms with Crippen LogP contribution in [-0.2, 0) is 71.4 Å². The van der Waals surface area contributed by atoms with Gasteiger partial charge in [-0.3, -0.25) is 0 Å². The van der Waals surface area contributed by atoms with Gasteiger partial charge in [0.1, 0.15) is 44.6 Å². The molecule has 0 aromatic heterocycles. The van der Waals surface area contributed by atoms with Gasteiger partial charge in [-0.1, -0.05) is 39.5 Å². The summed E-state index contributed by atoms with van der Waals surface area (Å²) in [6.45, 7) is 22.6. The Hall–Kier alpha value is -4.51. The van der Waals surface area contributed by atoms with Crippen LogP contribution < -0.4 is 0 Å². The molecule has 0 bridgehead atoms. The summed E-state index contributed by atoms with van der Waals surface area (Å²) < 4.78 is 49.3. The van der Waals surface area contributed by atoms with Crippen molar-refractivity contribution in [1.29, 1.82) is 0 Å². The molecule has 0 radical (unpaired) electrons. The minimum absolute atomic E-state index is 0.0850. The standard InChI is InChI=1S/C36H50O15S/c1-10-27(37)44-20-35(21-45-28(38)11-2,22-46-29(39)12-3)19-43-18-34(9,52)50-17-16-33(7,8)51-26-36(23-47-30(40)13-4,24-48-31(41)14-5)25-49-32(42)15-6/h10-15,52H,1-6,16-26H2,7-9H3. The minimum Gasteiger partial charge on any atom is -0.462 e. The van der Waals surface area contributed by atoms with Gasteiger partial charge < -0.3 is 42.6 Å². The molecule has 0 amide bonds. The number of carbonyl (C=O) groups is 6. The number of rotatable bonds is 29. The normalized spacial score (nSPS) is 12.5. The maximum atomic E-state index is 11.9. The molecular weight excluding hydrogens is 704 g/mol. The fourth-order valence-corrected chi connectivity index (χ4v) is 3.82. The number of hydrogen-bond donors (Lipinski definition) is 1. The third-order valence-electron chi connectivity index (χ3n) is 6.79. The predicted octanol–water partition coefficient (Wildman–Crippen LogP) is 3.20. The first kappa shape index (κ1) is 47.5. The lowest BCUT2D eigenvalue weighted by Gasteiger charge is -2.36. The second-order valence-electron chi connectivity index (χ2n) is 12.2. The molecule has 0 rings (SSSR count). The Bertz CT molecular complexity index is 1180. The molecule has 15 nitrogen and oxygen atoms in total. The molecule has 0 saturated heterocycles. The van der Waals surface area contributed by atoms with Crippen LogP contribution in [0.3, 0.4) is 0 Å². The molecule has 0 aliphatic rings. The predicted molar refractivity (Wildman–Crippen MR) is 191 cm³/mol. The topological polar surface area (TPSA) is 185 Å². The molecule has 0 aromatic rings. The Morgan fingerprint density at radius 1 is 0.462 bits per heavy atom. The summed E-state index contributed by atoms with van der Waals surface area (Å²) in [6, 6.07) is 0. The number of ether oxygens (including phenoxy) is 9. The van der Waals surface area contributed by atoms with Gasteiger partial charge in [-0.25, -0.2) is 28.8 Å².